The molecule has 1 fully saturated rings. The molecule has 1 aliphatic carbocycles. The van der Waals surface area contributed by atoms with Gasteiger partial charge in [0.25, 0.3) is 0 Å². The van der Waals surface area contributed by atoms with Gasteiger partial charge < -0.3 is 10.6 Å². The molecule has 1 saturated heterocycles. The second-order valence-corrected chi connectivity index (χ2v) is 5.16. The lowest BCUT2D eigenvalue weighted by atomic mass is 9.87. The third kappa shape index (κ3) is 1.77. The van der Waals surface area contributed by atoms with Gasteiger partial charge >= 0.3 is 0 Å². The molecule has 2 N–H and O–H groups in total. The second-order valence-electron chi connectivity index (χ2n) is 5.16. The summed E-state index contributed by atoms with van der Waals surface area (Å²) in [5.74, 6) is 0. The predicted octanol–water partition coefficient (Wildman–Crippen LogP) is 2.61. The van der Waals surface area contributed by atoms with Gasteiger partial charge in [-0.25, -0.2) is 0 Å². The molecule has 1 aromatic carbocycles. The smallest absolute Gasteiger partial charge is 0.0815 e. The summed E-state index contributed by atoms with van der Waals surface area (Å²) in [4.78, 5) is 2.49. The van der Waals surface area contributed by atoms with Gasteiger partial charge in [-0.2, -0.15) is 0 Å². The molecule has 1 heterocycles. The molecule has 1 unspecified atom stereocenters. The number of nitrogens with zero attached hydrogens (tertiary/aromatic N) is 1. The number of hydrogen-bond donors (Lipinski definition) is 1. The van der Waals surface area contributed by atoms with Gasteiger partial charge in [0, 0.05) is 18.8 Å². The Labute approximate surface area is 103 Å². The van der Waals surface area contributed by atoms with Gasteiger partial charge in [-0.3, -0.25) is 0 Å². The molecule has 3 rings (SSSR count). The van der Waals surface area contributed by atoms with Gasteiger partial charge in [-0.1, -0.05) is 36.4 Å². The number of rotatable bonds is 2. The zero-order valence-corrected chi connectivity index (χ0v) is 10.2. The summed E-state index contributed by atoms with van der Waals surface area (Å²) in [5, 5.41) is 0. The van der Waals surface area contributed by atoms with Crippen molar-refractivity contribution >= 4 is 0 Å². The fourth-order valence-corrected chi connectivity index (χ4v) is 3.14. The minimum Gasteiger partial charge on any atom is -0.373 e. The van der Waals surface area contributed by atoms with Crippen LogP contribution in [0.5, 0.6) is 0 Å². The summed E-state index contributed by atoms with van der Waals surface area (Å²) >= 11 is 0. The Bertz CT molecular complexity index is 418. The monoisotopic (exact) mass is 228 g/mol. The van der Waals surface area contributed by atoms with E-state index in [9.17, 15) is 0 Å². The topological polar surface area (TPSA) is 29.3 Å². The molecule has 0 amide bonds. The Kier molecular flexibility index (Phi) is 2.67. The van der Waals surface area contributed by atoms with Crippen molar-refractivity contribution in [1.82, 2.24) is 4.90 Å². The number of likely N-dealkylation sites (tertiary alicyclic amines) is 1. The van der Waals surface area contributed by atoms with E-state index in [1.54, 1.807) is 0 Å². The Balaban J connectivity index is 1.94. The molecule has 1 atom stereocenters. The molecule has 0 saturated carbocycles. The molecule has 0 spiro atoms. The maximum absolute atomic E-state index is 6.69. The van der Waals surface area contributed by atoms with E-state index in [4.69, 9.17) is 5.73 Å². The Morgan fingerprint density at radius 3 is 2.47 bits per heavy atom. The third-order valence-corrected chi connectivity index (χ3v) is 4.07. The lowest BCUT2D eigenvalue weighted by molar-refractivity contribution is 0.337. The summed E-state index contributed by atoms with van der Waals surface area (Å²) < 4.78 is 0. The highest BCUT2D eigenvalue weighted by Gasteiger charge is 2.38. The fraction of sp³-hybridized carbons (Fsp3) is 0.467. The molecular formula is C15H20N2. The zero-order valence-electron chi connectivity index (χ0n) is 10.2. The fourth-order valence-electron chi connectivity index (χ4n) is 3.14. The average Bonchev–Trinajstić information content (AvgIpc) is 2.99. The molecule has 2 nitrogen and oxygen atoms in total. The van der Waals surface area contributed by atoms with E-state index in [1.807, 2.05) is 0 Å². The van der Waals surface area contributed by atoms with Crippen LogP contribution in [0.2, 0.25) is 0 Å². The first-order chi connectivity index (χ1) is 8.31. The van der Waals surface area contributed by atoms with Crippen LogP contribution < -0.4 is 5.73 Å². The minimum absolute atomic E-state index is 0.244. The molecule has 1 aliphatic heterocycles. The van der Waals surface area contributed by atoms with E-state index in [2.05, 4.69) is 41.3 Å². The number of allylic oxidation sites excluding steroid dienone is 1. The zero-order chi connectivity index (χ0) is 11.7. The number of nitrogens with two attached hydrogens (primary N) is 1. The van der Waals surface area contributed by atoms with Crippen LogP contribution in [-0.2, 0) is 5.54 Å². The Morgan fingerprint density at radius 2 is 1.76 bits per heavy atom. The summed E-state index contributed by atoms with van der Waals surface area (Å²) in [6, 6.07) is 10.6. The molecule has 2 heteroatoms. The number of benzene rings is 1. The molecule has 0 radical (unpaired) electrons. The van der Waals surface area contributed by atoms with Gasteiger partial charge in [0.1, 0.15) is 0 Å². The molecule has 90 valence electrons. The molecule has 2 aliphatic rings. The van der Waals surface area contributed by atoms with Crippen molar-refractivity contribution in [3.05, 3.63) is 47.7 Å². The first-order valence-electron chi connectivity index (χ1n) is 6.61. The first kappa shape index (κ1) is 10.8. The van der Waals surface area contributed by atoms with Gasteiger partial charge in [-0.05, 0) is 31.2 Å². The van der Waals surface area contributed by atoms with E-state index < -0.39 is 0 Å². The van der Waals surface area contributed by atoms with Crippen molar-refractivity contribution in [2.24, 2.45) is 5.73 Å². The number of hydrogen-bond acceptors (Lipinski definition) is 2. The molecule has 0 bridgehead atoms. The van der Waals surface area contributed by atoms with Gasteiger partial charge in [-0.15, -0.1) is 0 Å². The van der Waals surface area contributed by atoms with E-state index in [0.717, 1.165) is 12.8 Å². The van der Waals surface area contributed by atoms with Crippen molar-refractivity contribution in [2.75, 3.05) is 13.1 Å². The van der Waals surface area contributed by atoms with E-state index in [-0.39, 0.29) is 5.54 Å². The third-order valence-electron chi connectivity index (χ3n) is 4.07. The first-order valence-corrected chi connectivity index (χ1v) is 6.61. The van der Waals surface area contributed by atoms with Crippen LogP contribution in [0.4, 0.5) is 0 Å². The van der Waals surface area contributed by atoms with Gasteiger partial charge in [0.15, 0.2) is 0 Å². The van der Waals surface area contributed by atoms with Crippen LogP contribution in [-0.4, -0.2) is 18.0 Å². The lowest BCUT2D eigenvalue weighted by Crippen LogP contribution is -2.42. The van der Waals surface area contributed by atoms with Crippen molar-refractivity contribution in [1.29, 1.82) is 0 Å². The summed E-state index contributed by atoms with van der Waals surface area (Å²) in [6.45, 7) is 2.36. The Morgan fingerprint density at radius 1 is 1.06 bits per heavy atom. The molecule has 1 aromatic rings. The standard InChI is InChI=1S/C15H20N2/c16-15(13-7-2-1-3-8-13)10-6-9-14(15)17-11-4-5-12-17/h1-3,7-9H,4-6,10-12,16H2. The summed E-state index contributed by atoms with van der Waals surface area (Å²) in [5.41, 5.74) is 9.07. The summed E-state index contributed by atoms with van der Waals surface area (Å²) in [6.07, 6.45) is 7.11. The molecule has 17 heavy (non-hydrogen) atoms. The lowest BCUT2D eigenvalue weighted by Gasteiger charge is -2.34. The maximum atomic E-state index is 6.69. The summed E-state index contributed by atoms with van der Waals surface area (Å²) in [7, 11) is 0. The normalized spacial score (nSPS) is 28.5. The predicted molar refractivity (Wildman–Crippen MR) is 70.4 cm³/mol. The van der Waals surface area contributed by atoms with Crippen LogP contribution in [0.25, 0.3) is 0 Å². The van der Waals surface area contributed by atoms with Crippen LogP contribution in [0.3, 0.4) is 0 Å². The van der Waals surface area contributed by atoms with Gasteiger partial charge in [0.05, 0.1) is 5.54 Å². The molecular weight excluding hydrogens is 208 g/mol. The average molecular weight is 228 g/mol. The maximum Gasteiger partial charge on any atom is 0.0815 e. The largest absolute Gasteiger partial charge is 0.373 e. The van der Waals surface area contributed by atoms with Crippen LogP contribution in [0.15, 0.2) is 42.1 Å². The highest BCUT2D eigenvalue weighted by molar-refractivity contribution is 5.37. The van der Waals surface area contributed by atoms with E-state index in [1.165, 1.54) is 37.2 Å². The highest BCUT2D eigenvalue weighted by Crippen LogP contribution is 2.40. The molecule has 0 aromatic heterocycles. The van der Waals surface area contributed by atoms with Crippen LogP contribution in [0.1, 0.15) is 31.2 Å². The van der Waals surface area contributed by atoms with Crippen molar-refractivity contribution < 1.29 is 0 Å². The second kappa shape index (κ2) is 4.19. The van der Waals surface area contributed by atoms with Crippen molar-refractivity contribution in [2.45, 2.75) is 31.2 Å². The highest BCUT2D eigenvalue weighted by atomic mass is 15.2. The van der Waals surface area contributed by atoms with E-state index >= 15 is 0 Å². The van der Waals surface area contributed by atoms with Crippen molar-refractivity contribution in [3.63, 3.8) is 0 Å². The van der Waals surface area contributed by atoms with Gasteiger partial charge in [0.2, 0.25) is 0 Å². The Hall–Kier alpha value is -1.28. The quantitative estimate of drug-likeness (QED) is 0.843. The van der Waals surface area contributed by atoms with E-state index in [0.29, 0.717) is 0 Å². The van der Waals surface area contributed by atoms with Crippen LogP contribution in [0, 0.1) is 0 Å². The van der Waals surface area contributed by atoms with Crippen LogP contribution >= 0.6 is 0 Å². The van der Waals surface area contributed by atoms with Crippen molar-refractivity contribution in [3.8, 4) is 0 Å². The SMILES string of the molecule is NC1(c2ccccc2)CCC=C1N1CCCC1. The minimum atomic E-state index is -0.244.